The van der Waals surface area contributed by atoms with E-state index in [0.29, 0.717) is 6.54 Å². The van der Waals surface area contributed by atoms with Crippen molar-refractivity contribution in [3.05, 3.63) is 143 Å². The molecule has 0 heterocycles. The second-order valence-corrected chi connectivity index (χ2v) is 8.11. The van der Waals surface area contributed by atoms with Crippen LogP contribution in [0.15, 0.2) is 131 Å². The van der Waals surface area contributed by atoms with E-state index in [1.807, 2.05) is 6.07 Å². The van der Waals surface area contributed by atoms with Crippen LogP contribution in [0.1, 0.15) is 30.5 Å². The van der Waals surface area contributed by atoms with E-state index in [2.05, 4.69) is 129 Å². The number of nitrogens with zero attached hydrogens (tertiary/aromatic N) is 1. The summed E-state index contributed by atoms with van der Waals surface area (Å²) in [6.07, 6.45) is 11.0. The lowest BCUT2D eigenvalue weighted by Crippen LogP contribution is -2.04. The maximum atomic E-state index is 4.75. The third-order valence-corrected chi connectivity index (χ3v) is 5.78. The quantitative estimate of drug-likeness (QED) is 0.274. The fraction of sp³-hybridized carbons (Fsp3) is 0.129. The molecule has 1 aliphatic rings. The summed E-state index contributed by atoms with van der Waals surface area (Å²) in [5.74, 6) is 0.196. The molecule has 0 fully saturated rings. The molecule has 1 aliphatic carbocycles. The van der Waals surface area contributed by atoms with Gasteiger partial charge in [-0.15, -0.1) is 0 Å². The number of hydrogen-bond donors (Lipinski definition) is 0. The Balaban J connectivity index is 1.66. The van der Waals surface area contributed by atoms with Gasteiger partial charge in [0.2, 0.25) is 0 Å². The summed E-state index contributed by atoms with van der Waals surface area (Å²) in [6, 6.07) is 31.6. The van der Waals surface area contributed by atoms with E-state index >= 15 is 0 Å². The second-order valence-electron chi connectivity index (χ2n) is 8.11. The Kier molecular flexibility index (Phi) is 7.09. The van der Waals surface area contributed by atoms with Crippen molar-refractivity contribution in [2.45, 2.75) is 20.4 Å². The first-order valence-electron chi connectivity index (χ1n) is 11.1. The predicted octanol–water partition coefficient (Wildman–Crippen LogP) is 7.95. The van der Waals surface area contributed by atoms with Crippen LogP contribution in [0, 0.1) is 5.92 Å². The molecule has 158 valence electrons. The summed E-state index contributed by atoms with van der Waals surface area (Å²) in [4.78, 5) is 4.75. The molecule has 1 nitrogen and oxygen atoms in total. The third-order valence-electron chi connectivity index (χ3n) is 5.78. The van der Waals surface area contributed by atoms with Gasteiger partial charge >= 0.3 is 0 Å². The Labute approximate surface area is 191 Å². The van der Waals surface area contributed by atoms with Gasteiger partial charge in [0.05, 0.1) is 6.54 Å². The summed E-state index contributed by atoms with van der Waals surface area (Å²) < 4.78 is 0. The van der Waals surface area contributed by atoms with Gasteiger partial charge in [-0.05, 0) is 52.8 Å². The van der Waals surface area contributed by atoms with Crippen molar-refractivity contribution >= 4 is 17.9 Å². The molecule has 3 aromatic rings. The molecule has 32 heavy (non-hydrogen) atoms. The van der Waals surface area contributed by atoms with Crippen molar-refractivity contribution in [3.63, 3.8) is 0 Å². The molecule has 0 aromatic heterocycles. The van der Waals surface area contributed by atoms with Gasteiger partial charge in [0.25, 0.3) is 0 Å². The average molecular weight is 416 g/mol. The molecule has 0 aliphatic heterocycles. The Morgan fingerprint density at radius 2 is 1.44 bits per heavy atom. The molecule has 1 heteroatoms. The Morgan fingerprint density at radius 3 is 2.12 bits per heavy atom. The van der Waals surface area contributed by atoms with Gasteiger partial charge < -0.3 is 0 Å². The first-order chi connectivity index (χ1) is 15.7. The molecule has 1 atom stereocenters. The molecule has 0 bridgehead atoms. The maximum absolute atomic E-state index is 4.75. The van der Waals surface area contributed by atoms with Crippen LogP contribution in [0.3, 0.4) is 0 Å². The lowest BCUT2D eigenvalue weighted by Gasteiger charge is -2.18. The van der Waals surface area contributed by atoms with Crippen molar-refractivity contribution < 1.29 is 0 Å². The maximum Gasteiger partial charge on any atom is 0.0636 e. The number of aliphatic imine (C=N–C) groups is 1. The zero-order valence-corrected chi connectivity index (χ0v) is 18.8. The van der Waals surface area contributed by atoms with Gasteiger partial charge in [0.15, 0.2) is 0 Å². The highest BCUT2D eigenvalue weighted by molar-refractivity contribution is 5.89. The molecule has 3 aromatic carbocycles. The van der Waals surface area contributed by atoms with Crippen LogP contribution in [0.25, 0.3) is 11.6 Å². The van der Waals surface area contributed by atoms with E-state index in [0.717, 1.165) is 0 Å². The van der Waals surface area contributed by atoms with Crippen LogP contribution >= 0.6 is 0 Å². The van der Waals surface area contributed by atoms with E-state index in [4.69, 9.17) is 4.99 Å². The van der Waals surface area contributed by atoms with Gasteiger partial charge in [-0.3, -0.25) is 4.99 Å². The van der Waals surface area contributed by atoms with Gasteiger partial charge in [-0.25, -0.2) is 0 Å². The van der Waals surface area contributed by atoms with E-state index in [-0.39, 0.29) is 5.92 Å². The van der Waals surface area contributed by atoms with Gasteiger partial charge in [-0.1, -0.05) is 115 Å². The minimum atomic E-state index is 0.196. The number of allylic oxidation sites excluding steroid dienone is 7. The molecule has 1 unspecified atom stereocenters. The number of rotatable bonds is 7. The number of benzene rings is 3. The van der Waals surface area contributed by atoms with Crippen LogP contribution in [0.5, 0.6) is 0 Å². The van der Waals surface area contributed by atoms with Crippen LogP contribution < -0.4 is 0 Å². The van der Waals surface area contributed by atoms with Crippen LogP contribution in [-0.4, -0.2) is 6.21 Å². The highest BCUT2D eigenvalue weighted by Crippen LogP contribution is 2.35. The monoisotopic (exact) mass is 415 g/mol. The minimum Gasteiger partial charge on any atom is -0.292 e. The fourth-order valence-electron chi connectivity index (χ4n) is 4.21. The minimum absolute atomic E-state index is 0.196. The van der Waals surface area contributed by atoms with Gasteiger partial charge in [0, 0.05) is 12.1 Å². The van der Waals surface area contributed by atoms with Crippen molar-refractivity contribution in [1.82, 2.24) is 0 Å². The molecule has 0 saturated carbocycles. The smallest absolute Gasteiger partial charge is 0.0636 e. The lowest BCUT2D eigenvalue weighted by atomic mass is 9.86. The van der Waals surface area contributed by atoms with E-state index in [1.54, 1.807) is 0 Å². The molecule has 0 saturated heterocycles. The summed E-state index contributed by atoms with van der Waals surface area (Å²) >= 11 is 0. The fourth-order valence-corrected chi connectivity index (χ4v) is 4.21. The topological polar surface area (TPSA) is 12.4 Å². The van der Waals surface area contributed by atoms with E-state index in [9.17, 15) is 0 Å². The summed E-state index contributed by atoms with van der Waals surface area (Å²) in [5, 5.41) is 0. The summed E-state index contributed by atoms with van der Waals surface area (Å²) in [6.45, 7) is 5.15. The lowest BCUT2D eigenvalue weighted by molar-refractivity contribution is 1.02. The molecule has 0 radical (unpaired) electrons. The van der Waals surface area contributed by atoms with Crippen molar-refractivity contribution in [2.24, 2.45) is 10.9 Å². The van der Waals surface area contributed by atoms with Crippen LogP contribution in [0.4, 0.5) is 0 Å². The standard InChI is InChI=1S/C31H29N/c1-24(21-26-13-6-3-7-14-26)31(28-17-10-5-11-18-28)25(2)30-20-12-19-29(30)23-32-22-27-15-8-4-9-16-27/h3-21,23,29H,22H2,1-2H3/b24-21+,31-25-,32-23?. The second kappa shape index (κ2) is 10.5. The summed E-state index contributed by atoms with van der Waals surface area (Å²) in [5.41, 5.74) is 8.82. The molecule has 0 amide bonds. The molecule has 0 N–H and O–H groups in total. The van der Waals surface area contributed by atoms with Crippen molar-refractivity contribution in [2.75, 3.05) is 0 Å². The van der Waals surface area contributed by atoms with E-state index in [1.165, 1.54) is 39.0 Å². The average Bonchev–Trinajstić information content (AvgIpc) is 3.30. The zero-order valence-electron chi connectivity index (χ0n) is 18.8. The SMILES string of the molecule is C/C(C1=CC=CC1C=NCc1ccccc1)=C(\C(C)=C\c1ccccc1)c1ccccc1. The van der Waals surface area contributed by atoms with Crippen molar-refractivity contribution in [1.29, 1.82) is 0 Å². The Hall–Kier alpha value is -3.71. The zero-order chi connectivity index (χ0) is 22.2. The predicted molar refractivity (Wildman–Crippen MR) is 138 cm³/mol. The third kappa shape index (κ3) is 5.31. The largest absolute Gasteiger partial charge is 0.292 e. The van der Waals surface area contributed by atoms with Crippen LogP contribution in [0.2, 0.25) is 0 Å². The highest BCUT2D eigenvalue weighted by Gasteiger charge is 2.19. The van der Waals surface area contributed by atoms with Crippen molar-refractivity contribution in [3.8, 4) is 0 Å². The first-order valence-corrected chi connectivity index (χ1v) is 11.1. The first kappa shape index (κ1) is 21.5. The van der Waals surface area contributed by atoms with Gasteiger partial charge in [-0.2, -0.15) is 0 Å². The molecular weight excluding hydrogens is 386 g/mol. The van der Waals surface area contributed by atoms with E-state index < -0.39 is 0 Å². The highest BCUT2D eigenvalue weighted by atomic mass is 14.7. The normalized spacial score (nSPS) is 16.9. The number of hydrogen-bond acceptors (Lipinski definition) is 1. The Morgan fingerprint density at radius 1 is 0.812 bits per heavy atom. The van der Waals surface area contributed by atoms with Crippen LogP contribution in [-0.2, 0) is 6.54 Å². The molecular formula is C31H29N. The summed E-state index contributed by atoms with van der Waals surface area (Å²) in [7, 11) is 0. The molecule has 4 rings (SSSR count). The van der Waals surface area contributed by atoms with Gasteiger partial charge in [0.1, 0.15) is 0 Å². The Bertz CT molecular complexity index is 1180. The molecule has 0 spiro atoms.